The Balaban J connectivity index is 1.48. The highest BCUT2D eigenvalue weighted by molar-refractivity contribution is 5.95. The SMILES string of the molecule is Cc1occc1C(=O)N1CC[C@@]2(CCCN(c3ncc(F)cn3)C2)C1. The van der Waals surface area contributed by atoms with Crippen molar-refractivity contribution in [1.29, 1.82) is 0 Å². The first-order valence-electron chi connectivity index (χ1n) is 8.62. The monoisotopic (exact) mass is 344 g/mol. The number of likely N-dealkylation sites (tertiary alicyclic amines) is 1. The fraction of sp³-hybridized carbons (Fsp3) is 0.500. The lowest BCUT2D eigenvalue weighted by atomic mass is 9.79. The van der Waals surface area contributed by atoms with E-state index in [2.05, 4.69) is 14.9 Å². The van der Waals surface area contributed by atoms with Crippen LogP contribution in [0, 0.1) is 18.2 Å². The number of rotatable bonds is 2. The maximum atomic E-state index is 13.1. The largest absolute Gasteiger partial charge is 0.469 e. The number of carbonyl (C=O) groups excluding carboxylic acids is 1. The third-order valence-electron chi connectivity index (χ3n) is 5.37. The Morgan fingerprint density at radius 2 is 2.04 bits per heavy atom. The predicted octanol–water partition coefficient (Wildman–Crippen LogP) is 2.65. The summed E-state index contributed by atoms with van der Waals surface area (Å²) < 4.78 is 18.3. The zero-order valence-corrected chi connectivity index (χ0v) is 14.2. The van der Waals surface area contributed by atoms with Gasteiger partial charge in [0.1, 0.15) is 5.76 Å². The third-order valence-corrected chi connectivity index (χ3v) is 5.37. The maximum Gasteiger partial charge on any atom is 0.257 e. The van der Waals surface area contributed by atoms with E-state index >= 15 is 0 Å². The lowest BCUT2D eigenvalue weighted by Gasteiger charge is -2.40. The average Bonchev–Trinajstić information content (AvgIpc) is 3.22. The Morgan fingerprint density at radius 3 is 2.76 bits per heavy atom. The summed E-state index contributed by atoms with van der Waals surface area (Å²) in [6.07, 6.45) is 7.04. The van der Waals surface area contributed by atoms with Gasteiger partial charge in [-0.25, -0.2) is 14.4 Å². The van der Waals surface area contributed by atoms with Crippen molar-refractivity contribution >= 4 is 11.9 Å². The van der Waals surface area contributed by atoms with E-state index < -0.39 is 5.82 Å². The van der Waals surface area contributed by atoms with E-state index in [-0.39, 0.29) is 11.3 Å². The van der Waals surface area contributed by atoms with Gasteiger partial charge in [-0.2, -0.15) is 0 Å². The molecule has 7 heteroatoms. The normalized spacial score (nSPS) is 23.4. The summed E-state index contributed by atoms with van der Waals surface area (Å²) >= 11 is 0. The molecule has 2 aromatic heterocycles. The van der Waals surface area contributed by atoms with Crippen LogP contribution in [0.15, 0.2) is 29.1 Å². The summed E-state index contributed by atoms with van der Waals surface area (Å²) in [6.45, 7) is 4.96. The zero-order valence-electron chi connectivity index (χ0n) is 14.2. The number of piperidine rings is 1. The van der Waals surface area contributed by atoms with Gasteiger partial charge in [0.2, 0.25) is 5.95 Å². The maximum absolute atomic E-state index is 13.1. The molecule has 0 saturated carbocycles. The molecular weight excluding hydrogens is 323 g/mol. The molecule has 0 aromatic carbocycles. The van der Waals surface area contributed by atoms with Crippen LogP contribution >= 0.6 is 0 Å². The number of aromatic nitrogens is 2. The number of hydrogen-bond donors (Lipinski definition) is 0. The van der Waals surface area contributed by atoms with E-state index in [1.165, 1.54) is 12.4 Å². The first kappa shape index (κ1) is 16.1. The van der Waals surface area contributed by atoms with Crippen molar-refractivity contribution in [2.75, 3.05) is 31.1 Å². The molecule has 25 heavy (non-hydrogen) atoms. The van der Waals surface area contributed by atoms with E-state index in [1.54, 1.807) is 12.3 Å². The summed E-state index contributed by atoms with van der Waals surface area (Å²) in [5.41, 5.74) is 0.704. The van der Waals surface area contributed by atoms with E-state index in [9.17, 15) is 9.18 Å². The molecule has 132 valence electrons. The standard InChI is InChI=1S/C18H21FN4O2/c1-13-15(3-8-25-13)16(24)22-7-5-18(11-22)4-2-6-23(12-18)17-20-9-14(19)10-21-17/h3,8-10H,2,4-7,11-12H2,1H3/t18-/m0/s1. The second kappa shape index (κ2) is 6.13. The summed E-state index contributed by atoms with van der Waals surface area (Å²) in [7, 11) is 0. The van der Waals surface area contributed by atoms with Crippen LogP contribution in [0.1, 0.15) is 35.4 Å². The first-order valence-corrected chi connectivity index (χ1v) is 8.62. The zero-order chi connectivity index (χ0) is 17.4. The molecule has 1 atom stereocenters. The Hall–Kier alpha value is -2.44. The molecule has 0 N–H and O–H groups in total. The van der Waals surface area contributed by atoms with Crippen molar-refractivity contribution < 1.29 is 13.6 Å². The number of anilines is 1. The van der Waals surface area contributed by atoms with Gasteiger partial charge >= 0.3 is 0 Å². The van der Waals surface area contributed by atoms with E-state index in [0.29, 0.717) is 17.3 Å². The summed E-state index contributed by atoms with van der Waals surface area (Å²) in [4.78, 5) is 25.0. The van der Waals surface area contributed by atoms with Crippen LogP contribution in [0.2, 0.25) is 0 Å². The fourth-order valence-corrected chi connectivity index (χ4v) is 4.07. The molecule has 2 saturated heterocycles. The third kappa shape index (κ3) is 2.99. The average molecular weight is 344 g/mol. The molecule has 2 fully saturated rings. The highest BCUT2D eigenvalue weighted by Crippen LogP contribution is 2.40. The van der Waals surface area contributed by atoms with E-state index in [1.807, 2.05) is 11.8 Å². The quantitative estimate of drug-likeness (QED) is 0.838. The van der Waals surface area contributed by atoms with Crippen molar-refractivity contribution in [3.8, 4) is 0 Å². The number of furan rings is 1. The van der Waals surface area contributed by atoms with Gasteiger partial charge in [-0.05, 0) is 32.3 Å². The molecule has 1 amide bonds. The molecule has 6 nitrogen and oxygen atoms in total. The topological polar surface area (TPSA) is 62.5 Å². The predicted molar refractivity (Wildman–Crippen MR) is 89.8 cm³/mol. The van der Waals surface area contributed by atoms with Crippen LogP contribution in [-0.2, 0) is 0 Å². The summed E-state index contributed by atoms with van der Waals surface area (Å²) in [6, 6.07) is 1.74. The van der Waals surface area contributed by atoms with E-state index in [0.717, 1.165) is 45.4 Å². The second-order valence-electron chi connectivity index (χ2n) is 7.09. The Labute approximate surface area is 145 Å². The number of nitrogens with zero attached hydrogens (tertiary/aromatic N) is 4. The van der Waals surface area contributed by atoms with Gasteiger partial charge in [0.15, 0.2) is 5.82 Å². The molecule has 1 spiro atoms. The van der Waals surface area contributed by atoms with Crippen LogP contribution in [-0.4, -0.2) is 47.0 Å². The van der Waals surface area contributed by atoms with Crippen LogP contribution in [0.25, 0.3) is 0 Å². The van der Waals surface area contributed by atoms with Gasteiger partial charge in [-0.3, -0.25) is 4.79 Å². The van der Waals surface area contributed by atoms with Gasteiger partial charge in [0.25, 0.3) is 5.91 Å². The highest BCUT2D eigenvalue weighted by atomic mass is 19.1. The van der Waals surface area contributed by atoms with Gasteiger partial charge in [-0.1, -0.05) is 0 Å². The van der Waals surface area contributed by atoms with Crippen LogP contribution in [0.4, 0.5) is 10.3 Å². The number of carbonyl (C=O) groups is 1. The molecule has 2 aromatic rings. The Kier molecular flexibility index (Phi) is 3.94. The molecule has 0 bridgehead atoms. The van der Waals surface area contributed by atoms with Gasteiger partial charge < -0.3 is 14.2 Å². The summed E-state index contributed by atoms with van der Waals surface area (Å²) in [5.74, 6) is 0.841. The van der Waals surface area contributed by atoms with Crippen LogP contribution < -0.4 is 4.90 Å². The minimum Gasteiger partial charge on any atom is -0.469 e. The van der Waals surface area contributed by atoms with Crippen LogP contribution in [0.3, 0.4) is 0 Å². The van der Waals surface area contributed by atoms with Crippen molar-refractivity contribution in [3.63, 3.8) is 0 Å². The molecule has 4 rings (SSSR count). The number of halogens is 1. The first-order chi connectivity index (χ1) is 12.1. The molecule has 2 aliphatic heterocycles. The van der Waals surface area contributed by atoms with Crippen molar-refractivity contribution in [1.82, 2.24) is 14.9 Å². The smallest absolute Gasteiger partial charge is 0.257 e. The Morgan fingerprint density at radius 1 is 1.24 bits per heavy atom. The van der Waals surface area contributed by atoms with Crippen molar-refractivity contribution in [2.24, 2.45) is 5.41 Å². The highest BCUT2D eigenvalue weighted by Gasteiger charge is 2.43. The van der Waals surface area contributed by atoms with Gasteiger partial charge in [0.05, 0.1) is 24.2 Å². The van der Waals surface area contributed by atoms with Crippen LogP contribution in [0.5, 0.6) is 0 Å². The number of amides is 1. The van der Waals surface area contributed by atoms with Gasteiger partial charge in [-0.15, -0.1) is 0 Å². The minimum atomic E-state index is -0.427. The molecule has 0 radical (unpaired) electrons. The second-order valence-corrected chi connectivity index (χ2v) is 7.09. The summed E-state index contributed by atoms with van der Waals surface area (Å²) in [5, 5.41) is 0. The molecular formula is C18H21FN4O2. The van der Waals surface area contributed by atoms with Crippen molar-refractivity contribution in [2.45, 2.75) is 26.2 Å². The minimum absolute atomic E-state index is 0.0401. The lowest BCUT2D eigenvalue weighted by molar-refractivity contribution is 0.0765. The number of hydrogen-bond acceptors (Lipinski definition) is 5. The molecule has 4 heterocycles. The fourth-order valence-electron chi connectivity index (χ4n) is 4.07. The van der Waals surface area contributed by atoms with Gasteiger partial charge in [0, 0.05) is 31.6 Å². The Bertz CT molecular complexity index is 776. The molecule has 2 aliphatic rings. The van der Waals surface area contributed by atoms with E-state index in [4.69, 9.17) is 4.42 Å². The lowest BCUT2D eigenvalue weighted by Crippen LogP contribution is -2.46. The number of aryl methyl sites for hydroxylation is 1. The molecule has 0 aliphatic carbocycles. The van der Waals surface area contributed by atoms with Crippen molar-refractivity contribution in [3.05, 3.63) is 41.9 Å². The molecule has 0 unspecified atom stereocenters.